The van der Waals surface area contributed by atoms with E-state index in [4.69, 9.17) is 37.9 Å². The molecule has 3 atom stereocenters. The van der Waals surface area contributed by atoms with Gasteiger partial charge in [0.15, 0.2) is 108 Å². The fourth-order valence-corrected chi connectivity index (χ4v) is 37.0. The molecule has 0 spiro atoms. The highest BCUT2D eigenvalue weighted by Gasteiger charge is 2.34. The first-order valence-electron chi connectivity index (χ1n) is 43.2. The lowest BCUT2D eigenvalue weighted by molar-refractivity contribution is -0.137. The molecule has 16 aromatic carbocycles. The monoisotopic (exact) mass is 3280 g/mol. The summed E-state index contributed by atoms with van der Waals surface area (Å²) in [5.41, 5.74) is 4.00. The van der Waals surface area contributed by atoms with Gasteiger partial charge in [0, 0.05) is 14.3 Å². The van der Waals surface area contributed by atoms with Crippen molar-refractivity contribution < 1.29 is 57.1 Å². The van der Waals surface area contributed by atoms with Crippen molar-refractivity contribution in [1.29, 1.82) is 0 Å². The molecule has 0 radical (unpaired) electrons. The summed E-state index contributed by atoms with van der Waals surface area (Å²) in [6.07, 6.45) is 0. The molecule has 712 valence electrons. The number of esters is 4. The number of carbonyl (C=O) groups excluding carboxylic acids is 4. The van der Waals surface area contributed by atoms with Crippen LogP contribution < -0.4 is 37.9 Å². The van der Waals surface area contributed by atoms with Gasteiger partial charge in [-0.15, -0.1) is 0 Å². The zero-order chi connectivity index (χ0) is 99.5. The minimum atomic E-state index is -0.427. The second-order valence-electron chi connectivity index (χ2n) is 31.8. The summed E-state index contributed by atoms with van der Waals surface area (Å²) in [6.45, 7) is 12.6. The second-order valence-corrected chi connectivity index (χ2v) is 54.2. The summed E-state index contributed by atoms with van der Waals surface area (Å²) < 4.78 is 56.8. The lowest BCUT2D eigenvalue weighted by Gasteiger charge is -2.19. The van der Waals surface area contributed by atoms with Gasteiger partial charge in [-0.05, 0) is 543 Å². The van der Waals surface area contributed by atoms with Gasteiger partial charge in [0.2, 0.25) is 0 Å². The highest BCUT2D eigenvalue weighted by molar-refractivity contribution is 14.1. The van der Waals surface area contributed by atoms with Crippen LogP contribution in [0.4, 0.5) is 0 Å². The Hall–Kier alpha value is -5.24. The van der Waals surface area contributed by atoms with Gasteiger partial charge in [0.25, 0.3) is 0 Å². The summed E-state index contributed by atoms with van der Waals surface area (Å²) in [5, 5.41) is 0. The Balaban J connectivity index is 0.000000157. The molecule has 0 amide bonds. The Bertz CT molecular complexity index is 6720. The van der Waals surface area contributed by atoms with Gasteiger partial charge in [0.1, 0.15) is 23.0 Å². The number of halogens is 12. The Morgan fingerprint density at radius 3 is 0.600 bits per heavy atom. The van der Waals surface area contributed by atoms with E-state index < -0.39 is 23.9 Å². The van der Waals surface area contributed by atoms with E-state index in [1.165, 1.54) is 75.4 Å². The number of aryl methyl sites for hydroxylation is 1. The van der Waals surface area contributed by atoms with Crippen molar-refractivity contribution in [2.75, 3.05) is 26.4 Å². The highest BCUT2D eigenvalue weighted by atomic mass is 127. The molecule has 0 bridgehead atoms. The molecular weight excluding hydrogens is 3190 g/mol. The largest absolute Gasteiger partial charge is 0.482 e. The van der Waals surface area contributed by atoms with Crippen LogP contribution in [0.5, 0.6) is 46.0 Å². The van der Waals surface area contributed by atoms with Crippen LogP contribution in [0.3, 0.4) is 0 Å². The lowest BCUT2D eigenvalue weighted by Crippen LogP contribution is -2.18. The SMILES string of the molecule is CC(C)(C)c1ccc([S+](c2ccccc2)c2ccc(OCC(=O)Oc3c(I)cc(I)cc3I)cc2)cc1.CC(C)c1ccc([S+](c2ccccc2)c2ccc(OCC(=O)Oc3c(I)cc(I)cc3I)cc2)cc1.Cc1ccc([S+](c2ccccc2)c2ccc(OCC(=O)Oc3c(I)cc(I)cc3I)cc2)cc1.O=C(COc1ccc([S+](c2ccccc2)c2ccccc2)cc1)Oc1c(I)cc(I)cc1I. The Morgan fingerprint density at radius 1 is 0.243 bits per heavy atom. The van der Waals surface area contributed by atoms with Gasteiger partial charge in [-0.25, -0.2) is 19.2 Å². The molecule has 28 heteroatoms. The first kappa shape index (κ1) is 112. The summed E-state index contributed by atoms with van der Waals surface area (Å²) in [6, 6.07) is 127. The molecule has 0 aliphatic carbocycles. The van der Waals surface area contributed by atoms with E-state index in [9.17, 15) is 19.2 Å². The van der Waals surface area contributed by atoms with Crippen molar-refractivity contribution in [2.45, 2.75) is 112 Å². The normalized spacial score (nSPS) is 11.6. The zero-order valence-electron chi connectivity index (χ0n) is 75.7. The molecule has 0 fully saturated rings. The van der Waals surface area contributed by atoms with E-state index in [2.05, 4.69) is 555 Å². The van der Waals surface area contributed by atoms with Crippen molar-refractivity contribution in [2.24, 2.45) is 0 Å². The molecule has 0 saturated heterocycles. The molecule has 0 saturated carbocycles. The van der Waals surface area contributed by atoms with Crippen LogP contribution in [0.15, 0.2) is 429 Å². The maximum absolute atomic E-state index is 12.5. The van der Waals surface area contributed by atoms with Gasteiger partial charge in [0.05, 0.1) is 72.1 Å². The van der Waals surface area contributed by atoms with E-state index in [1.807, 2.05) is 127 Å². The van der Waals surface area contributed by atoms with E-state index in [0.29, 0.717) is 51.9 Å². The minimum Gasteiger partial charge on any atom is -0.482 e. The summed E-state index contributed by atoms with van der Waals surface area (Å²) in [5.74, 6) is 3.64. The van der Waals surface area contributed by atoms with E-state index in [1.54, 1.807) is 0 Å². The first-order valence-corrected chi connectivity index (χ1v) is 61.0. The van der Waals surface area contributed by atoms with Crippen LogP contribution in [0, 0.1) is 49.8 Å². The van der Waals surface area contributed by atoms with Crippen molar-refractivity contribution in [3.8, 4) is 46.0 Å². The Labute approximate surface area is 993 Å². The van der Waals surface area contributed by atoms with Crippen LogP contribution in [-0.4, -0.2) is 50.3 Å². The maximum atomic E-state index is 12.5. The molecule has 0 aromatic heterocycles. The van der Waals surface area contributed by atoms with Gasteiger partial charge in [-0.1, -0.05) is 168 Å². The number of benzene rings is 16. The number of carbonyl (C=O) groups is 4. The van der Waals surface area contributed by atoms with Crippen LogP contribution in [0.2, 0.25) is 0 Å². The first-order chi connectivity index (χ1) is 67.3. The van der Waals surface area contributed by atoms with Crippen LogP contribution >= 0.6 is 271 Å². The summed E-state index contributed by atoms with van der Waals surface area (Å²) in [7, 11) is -0.940. The van der Waals surface area contributed by atoms with Crippen LogP contribution in [0.25, 0.3) is 0 Å². The Kier molecular flexibility index (Phi) is 44.5. The molecule has 140 heavy (non-hydrogen) atoms. The molecule has 3 unspecified atom stereocenters. The highest BCUT2D eigenvalue weighted by Crippen LogP contribution is 2.41. The fraction of sp³-hybridized carbons (Fsp3) is 0.107. The predicted octanol–water partition coefficient (Wildman–Crippen LogP) is 33.1. The third-order valence-electron chi connectivity index (χ3n) is 20.3. The molecule has 16 rings (SSSR count). The third kappa shape index (κ3) is 33.4. The zero-order valence-corrected chi connectivity index (χ0v) is 105. The van der Waals surface area contributed by atoms with Crippen LogP contribution in [0.1, 0.15) is 57.2 Å². The smallest absolute Gasteiger partial charge is 0.349 e. The topological polar surface area (TPSA) is 142 Å². The molecule has 0 heterocycles. The van der Waals surface area contributed by atoms with Crippen LogP contribution in [-0.2, 0) is 68.2 Å². The Morgan fingerprint density at radius 2 is 0.414 bits per heavy atom. The predicted molar refractivity (Wildman–Crippen MR) is 666 cm³/mol. The van der Waals surface area contributed by atoms with Gasteiger partial charge < -0.3 is 37.9 Å². The summed E-state index contributed by atoms with van der Waals surface area (Å²) in [4.78, 5) is 64.5. The molecule has 16 aromatic rings. The standard InChI is InChI=1S/C30H26I3O3S.C29H24I3O3S.C27H20I3O3S.C26H18I3O3S/c1-30(2,3)20-9-13-24(14-10-20)37(23-7-5-4-6-8-23)25-15-11-22(12-16-25)35-19-28(34)36-29-26(32)17-21(31)18-27(29)33;1-19(2)20-8-12-24(13-9-20)36(23-6-4-3-5-7-23)25-14-10-22(11-15-25)34-18-28(33)35-29-26(31)16-21(30)17-27(29)32;1-18-7-11-22(12-8-18)34(21-5-3-2-4-6-21)23-13-9-20(10-14-23)32-17-26(31)33-27-24(29)15-19(28)16-25(27)30;27-18-15-23(28)26(24(29)16-18)32-25(30)17-31-19-11-13-22(14-12-19)33(20-7-3-1-4-8-20)21-9-5-2-6-10-21/h4-18H,19H2,1-3H3;3-17,19H,18H2,1-2H3;2-16H,17H2,1H3;1-16H,17H2/q4*+1. The van der Waals surface area contributed by atoms with Crippen molar-refractivity contribution in [3.05, 3.63) is 430 Å². The molecule has 0 aliphatic rings. The average Bonchev–Trinajstić information content (AvgIpc) is 0.788. The quantitative estimate of drug-likeness (QED) is 0.0191. The van der Waals surface area contributed by atoms with E-state index in [0.717, 1.165) is 42.8 Å². The minimum absolute atomic E-state index is 0.111. The number of hydrogen-bond donors (Lipinski definition) is 0. The fourth-order valence-electron chi connectivity index (χ4n) is 13.5. The maximum Gasteiger partial charge on any atom is 0.349 e. The van der Waals surface area contributed by atoms with Gasteiger partial charge in [-0.2, -0.15) is 0 Å². The van der Waals surface area contributed by atoms with Gasteiger partial charge in [-0.3, -0.25) is 0 Å². The number of ether oxygens (including phenoxy) is 8. The molecule has 0 aliphatic heterocycles. The third-order valence-corrected chi connectivity index (χ3v) is 38.1. The van der Waals surface area contributed by atoms with Crippen molar-refractivity contribution in [1.82, 2.24) is 0 Å². The average molecular weight is 3280 g/mol. The van der Waals surface area contributed by atoms with Crippen molar-refractivity contribution in [3.63, 3.8) is 0 Å². The molecule has 12 nitrogen and oxygen atoms in total. The number of hydrogen-bond acceptors (Lipinski definition) is 12. The molecular formula is C112H88I12O12S4+4. The lowest BCUT2D eigenvalue weighted by atomic mass is 9.87. The van der Waals surface area contributed by atoms with E-state index in [-0.39, 0.29) is 75.4 Å². The van der Waals surface area contributed by atoms with E-state index >= 15 is 0 Å². The number of rotatable bonds is 29. The van der Waals surface area contributed by atoms with Gasteiger partial charge >= 0.3 is 23.9 Å². The molecule has 0 N–H and O–H groups in total. The van der Waals surface area contributed by atoms with Crippen molar-refractivity contribution >= 4 is 339 Å². The second kappa shape index (κ2) is 55.7. The summed E-state index contributed by atoms with van der Waals surface area (Å²) >= 11 is 26.4.